The third-order valence-electron chi connectivity index (χ3n) is 12.6. The van der Waals surface area contributed by atoms with Crippen LogP contribution in [0, 0.1) is 57.7 Å². The largest absolute Gasteiger partial charge is 0.393 e. The van der Waals surface area contributed by atoms with E-state index in [-0.39, 0.29) is 6.10 Å². The van der Waals surface area contributed by atoms with E-state index in [1.54, 1.807) is 5.57 Å². The summed E-state index contributed by atoms with van der Waals surface area (Å²) in [6, 6.07) is 0. The average molecular weight is 427 g/mol. The van der Waals surface area contributed by atoms with E-state index in [2.05, 4.69) is 47.6 Å². The van der Waals surface area contributed by atoms with Crippen molar-refractivity contribution in [3.63, 3.8) is 0 Å². The molecule has 0 saturated heterocycles. The first-order chi connectivity index (χ1) is 14.6. The molecule has 5 aliphatic carbocycles. The number of allylic oxidation sites excluding steroid dienone is 1. The molecule has 176 valence electrons. The number of hydrogen-bond acceptors (Lipinski definition) is 1. The summed E-state index contributed by atoms with van der Waals surface area (Å²) in [6.07, 6.45) is 17.3. The first kappa shape index (κ1) is 22.5. The lowest BCUT2D eigenvalue weighted by Crippen LogP contribution is -2.50. The zero-order chi connectivity index (χ0) is 22.2. The summed E-state index contributed by atoms with van der Waals surface area (Å²) in [5, 5.41) is 10.3. The molecule has 0 aromatic heterocycles. The van der Waals surface area contributed by atoms with E-state index in [0.717, 1.165) is 54.3 Å². The highest BCUT2D eigenvalue weighted by Gasteiger charge is 2.59. The SMILES string of the molecule is CC(C)[C@]1(CC[C@@H](C)[C@H]2CC[C@H]3[C@@H]4CC=C5C[C@@H](O)CC[C@]5(C)[C@H]4CC[C@]23C)C[C@@H]1C. The summed E-state index contributed by atoms with van der Waals surface area (Å²) in [5.74, 6) is 6.39. The van der Waals surface area contributed by atoms with Crippen molar-refractivity contribution in [3.05, 3.63) is 11.6 Å². The Kier molecular flexibility index (Phi) is 5.52. The Morgan fingerprint density at radius 2 is 1.77 bits per heavy atom. The van der Waals surface area contributed by atoms with Gasteiger partial charge in [0.15, 0.2) is 0 Å². The van der Waals surface area contributed by atoms with Crippen LogP contribution in [0.4, 0.5) is 0 Å². The van der Waals surface area contributed by atoms with Crippen molar-refractivity contribution in [3.8, 4) is 0 Å². The van der Waals surface area contributed by atoms with Gasteiger partial charge < -0.3 is 5.11 Å². The molecule has 0 spiro atoms. The zero-order valence-electron chi connectivity index (χ0n) is 21.4. The maximum atomic E-state index is 10.3. The van der Waals surface area contributed by atoms with Crippen LogP contribution in [0.3, 0.4) is 0 Å². The van der Waals surface area contributed by atoms with Crippen molar-refractivity contribution in [1.82, 2.24) is 0 Å². The summed E-state index contributed by atoms with van der Waals surface area (Å²) in [4.78, 5) is 0. The van der Waals surface area contributed by atoms with Crippen LogP contribution in [0.5, 0.6) is 0 Å². The molecule has 0 bridgehead atoms. The van der Waals surface area contributed by atoms with Gasteiger partial charge in [0.2, 0.25) is 0 Å². The fraction of sp³-hybridized carbons (Fsp3) is 0.933. The van der Waals surface area contributed by atoms with Crippen LogP contribution in [0.15, 0.2) is 11.6 Å². The first-order valence-electron chi connectivity index (χ1n) is 14.0. The van der Waals surface area contributed by atoms with Crippen LogP contribution in [-0.2, 0) is 0 Å². The molecule has 0 heterocycles. The van der Waals surface area contributed by atoms with Crippen LogP contribution < -0.4 is 0 Å². The molecule has 1 heteroatoms. The van der Waals surface area contributed by atoms with E-state index >= 15 is 0 Å². The highest BCUT2D eigenvalue weighted by molar-refractivity contribution is 5.25. The minimum Gasteiger partial charge on any atom is -0.393 e. The summed E-state index contributed by atoms with van der Waals surface area (Å²) < 4.78 is 0. The number of aliphatic hydroxyl groups is 1. The normalized spacial score (nSPS) is 52.2. The Morgan fingerprint density at radius 1 is 1.03 bits per heavy atom. The quantitative estimate of drug-likeness (QED) is 0.441. The smallest absolute Gasteiger partial charge is 0.0577 e. The van der Waals surface area contributed by atoms with Crippen LogP contribution in [0.2, 0.25) is 0 Å². The van der Waals surface area contributed by atoms with Crippen molar-refractivity contribution in [2.45, 2.75) is 118 Å². The van der Waals surface area contributed by atoms with Crippen molar-refractivity contribution in [2.75, 3.05) is 0 Å². The molecule has 1 N–H and O–H groups in total. The summed E-state index contributed by atoms with van der Waals surface area (Å²) in [6.45, 7) is 15.3. The first-order valence-corrected chi connectivity index (χ1v) is 14.0. The van der Waals surface area contributed by atoms with Crippen molar-refractivity contribution < 1.29 is 5.11 Å². The Bertz CT molecular complexity index is 722. The van der Waals surface area contributed by atoms with Gasteiger partial charge >= 0.3 is 0 Å². The third-order valence-corrected chi connectivity index (χ3v) is 12.6. The second-order valence-corrected chi connectivity index (χ2v) is 13.9. The number of hydrogen-bond donors (Lipinski definition) is 1. The lowest BCUT2D eigenvalue weighted by molar-refractivity contribution is -0.0576. The van der Waals surface area contributed by atoms with E-state index in [9.17, 15) is 5.11 Å². The van der Waals surface area contributed by atoms with Crippen molar-refractivity contribution in [2.24, 2.45) is 57.7 Å². The molecule has 4 saturated carbocycles. The molecule has 0 aliphatic heterocycles. The van der Waals surface area contributed by atoms with E-state index in [4.69, 9.17) is 0 Å². The van der Waals surface area contributed by atoms with Crippen molar-refractivity contribution in [1.29, 1.82) is 0 Å². The predicted octanol–water partition coefficient (Wildman–Crippen LogP) is 8.02. The molecule has 0 amide bonds. The second kappa shape index (κ2) is 7.61. The summed E-state index contributed by atoms with van der Waals surface area (Å²) >= 11 is 0. The Morgan fingerprint density at radius 3 is 2.45 bits per heavy atom. The molecule has 5 aliphatic rings. The maximum Gasteiger partial charge on any atom is 0.0577 e. The molecule has 31 heavy (non-hydrogen) atoms. The lowest BCUT2D eigenvalue weighted by Gasteiger charge is -2.58. The van der Waals surface area contributed by atoms with Gasteiger partial charge in [-0.15, -0.1) is 0 Å². The number of fused-ring (bicyclic) bond motifs is 5. The molecule has 10 atom stereocenters. The van der Waals surface area contributed by atoms with Gasteiger partial charge in [0.05, 0.1) is 6.10 Å². The predicted molar refractivity (Wildman–Crippen MR) is 131 cm³/mol. The monoisotopic (exact) mass is 426 g/mol. The maximum absolute atomic E-state index is 10.3. The van der Waals surface area contributed by atoms with Crippen LogP contribution in [0.25, 0.3) is 0 Å². The molecule has 0 aromatic carbocycles. The van der Waals surface area contributed by atoms with Gasteiger partial charge in [-0.05, 0) is 128 Å². The van der Waals surface area contributed by atoms with Crippen molar-refractivity contribution >= 4 is 0 Å². The second-order valence-electron chi connectivity index (χ2n) is 13.9. The molecule has 4 fully saturated rings. The van der Waals surface area contributed by atoms with Crippen LogP contribution >= 0.6 is 0 Å². The highest BCUT2D eigenvalue weighted by Crippen LogP contribution is 2.68. The van der Waals surface area contributed by atoms with Gasteiger partial charge in [-0.25, -0.2) is 0 Å². The van der Waals surface area contributed by atoms with Gasteiger partial charge in [-0.2, -0.15) is 0 Å². The van der Waals surface area contributed by atoms with E-state index in [1.807, 2.05) is 0 Å². The standard InChI is InChI=1S/C30H50O/c1-19(2)30(18-21(30)4)16-11-20(3)25-9-10-26-24-8-7-22-17-23(31)12-14-28(22,5)27(24)13-15-29(25,26)6/h7,19-21,23-27,31H,8-18H2,1-6H3/t20-,21+,23+,24+,25-,26+,27+,28+,29-,30+/m1/s1. The molecule has 0 unspecified atom stereocenters. The minimum atomic E-state index is -0.0789. The van der Waals surface area contributed by atoms with Gasteiger partial charge in [-0.1, -0.05) is 53.2 Å². The van der Waals surface area contributed by atoms with Gasteiger partial charge in [-0.3, -0.25) is 0 Å². The Hall–Kier alpha value is -0.300. The minimum absolute atomic E-state index is 0.0789. The average Bonchev–Trinajstić information content (AvgIpc) is 3.25. The van der Waals surface area contributed by atoms with Crippen LogP contribution in [0.1, 0.15) is 112 Å². The molecule has 5 rings (SSSR count). The molecular weight excluding hydrogens is 376 g/mol. The summed E-state index contributed by atoms with van der Waals surface area (Å²) in [7, 11) is 0. The molecule has 0 aromatic rings. The zero-order valence-corrected chi connectivity index (χ0v) is 21.4. The third kappa shape index (κ3) is 3.33. The van der Waals surface area contributed by atoms with E-state index < -0.39 is 0 Å². The highest BCUT2D eigenvalue weighted by atomic mass is 16.3. The van der Waals surface area contributed by atoms with Crippen LogP contribution in [-0.4, -0.2) is 11.2 Å². The van der Waals surface area contributed by atoms with Gasteiger partial charge in [0, 0.05) is 0 Å². The summed E-state index contributed by atoms with van der Waals surface area (Å²) in [5.41, 5.74) is 3.27. The van der Waals surface area contributed by atoms with Gasteiger partial charge in [0.25, 0.3) is 0 Å². The number of rotatable bonds is 5. The lowest BCUT2D eigenvalue weighted by atomic mass is 9.47. The van der Waals surface area contributed by atoms with Gasteiger partial charge in [0.1, 0.15) is 0 Å². The fourth-order valence-corrected chi connectivity index (χ4v) is 10.3. The fourth-order valence-electron chi connectivity index (χ4n) is 10.3. The number of aliphatic hydroxyl groups excluding tert-OH is 1. The molecular formula is C30H50O. The van der Waals surface area contributed by atoms with E-state index in [0.29, 0.717) is 16.2 Å². The Labute approximate surface area is 192 Å². The topological polar surface area (TPSA) is 20.2 Å². The molecule has 0 radical (unpaired) electrons. The van der Waals surface area contributed by atoms with E-state index in [1.165, 1.54) is 57.8 Å². The Balaban J connectivity index is 1.30. The molecule has 1 nitrogen and oxygen atoms in total.